The van der Waals surface area contributed by atoms with Crippen LogP contribution in [0.25, 0.3) is 0 Å². The molecule has 2 saturated carbocycles. The summed E-state index contributed by atoms with van der Waals surface area (Å²) in [5.74, 6) is 1.05. The van der Waals surface area contributed by atoms with E-state index in [0.29, 0.717) is 24.4 Å². The van der Waals surface area contributed by atoms with Crippen molar-refractivity contribution in [3.05, 3.63) is 0 Å². The van der Waals surface area contributed by atoms with E-state index in [0.717, 1.165) is 12.5 Å². The molecule has 2 fully saturated rings. The molecule has 2 aliphatic rings. The van der Waals surface area contributed by atoms with Crippen LogP contribution in [0.4, 0.5) is 0 Å². The second-order valence-electron chi connectivity index (χ2n) is 6.24. The van der Waals surface area contributed by atoms with Crippen LogP contribution in [0.1, 0.15) is 46.0 Å². The maximum atomic E-state index is 11.9. The number of hydrogen-bond acceptors (Lipinski definition) is 3. The summed E-state index contributed by atoms with van der Waals surface area (Å²) in [4.78, 5) is 0. The Bertz CT molecular complexity index is 370. The van der Waals surface area contributed by atoms with Crippen LogP contribution in [0, 0.1) is 11.3 Å². The van der Waals surface area contributed by atoms with Gasteiger partial charge in [0, 0.05) is 12.6 Å². The molecule has 0 aliphatic heterocycles. The van der Waals surface area contributed by atoms with Crippen LogP contribution in [-0.4, -0.2) is 33.3 Å². The first-order chi connectivity index (χ1) is 8.44. The van der Waals surface area contributed by atoms with Crippen LogP contribution in [0.3, 0.4) is 0 Å². The van der Waals surface area contributed by atoms with Crippen molar-refractivity contribution in [2.75, 3.05) is 18.8 Å². The molecular formula is C13H26N2O2S. The summed E-state index contributed by atoms with van der Waals surface area (Å²) in [6.45, 7) is 5.59. The minimum Gasteiger partial charge on any atom is -0.314 e. The van der Waals surface area contributed by atoms with Gasteiger partial charge >= 0.3 is 0 Å². The molecule has 0 spiro atoms. The maximum absolute atomic E-state index is 11.9. The van der Waals surface area contributed by atoms with E-state index in [1.807, 2.05) is 0 Å². The Morgan fingerprint density at radius 3 is 2.44 bits per heavy atom. The van der Waals surface area contributed by atoms with Crippen molar-refractivity contribution in [3.8, 4) is 0 Å². The molecule has 2 rings (SSSR count). The molecule has 0 bridgehead atoms. The van der Waals surface area contributed by atoms with Gasteiger partial charge in [-0.25, -0.2) is 13.1 Å². The molecule has 0 aromatic carbocycles. The molecule has 0 unspecified atom stereocenters. The summed E-state index contributed by atoms with van der Waals surface area (Å²) in [5, 5.41) is 3.24. The molecule has 18 heavy (non-hydrogen) atoms. The highest BCUT2D eigenvalue weighted by Gasteiger charge is 2.53. The zero-order valence-electron chi connectivity index (χ0n) is 11.5. The fourth-order valence-electron chi connectivity index (χ4n) is 2.56. The molecule has 2 aliphatic carbocycles. The predicted molar refractivity (Wildman–Crippen MR) is 73.9 cm³/mol. The fourth-order valence-corrected chi connectivity index (χ4v) is 3.74. The summed E-state index contributed by atoms with van der Waals surface area (Å²) >= 11 is 0. The second kappa shape index (κ2) is 5.47. The highest BCUT2D eigenvalue weighted by molar-refractivity contribution is 7.89. The van der Waals surface area contributed by atoms with E-state index in [1.54, 1.807) is 0 Å². The van der Waals surface area contributed by atoms with Crippen molar-refractivity contribution < 1.29 is 8.42 Å². The summed E-state index contributed by atoms with van der Waals surface area (Å²) in [7, 11) is -3.07. The number of nitrogens with one attached hydrogen (secondary N) is 2. The molecule has 0 heterocycles. The van der Waals surface area contributed by atoms with Crippen LogP contribution >= 0.6 is 0 Å². The van der Waals surface area contributed by atoms with Crippen LogP contribution in [-0.2, 0) is 10.0 Å². The SMILES string of the molecule is CC(C)NCCCS(=O)(=O)NCC1(C2CC2)CC1. The molecule has 0 amide bonds. The van der Waals surface area contributed by atoms with Crippen molar-refractivity contribution in [3.63, 3.8) is 0 Å². The van der Waals surface area contributed by atoms with Crippen molar-refractivity contribution >= 4 is 10.0 Å². The predicted octanol–water partition coefficient (Wildman–Crippen LogP) is 1.48. The molecule has 5 heteroatoms. The summed E-state index contributed by atoms with van der Waals surface area (Å²) in [6, 6.07) is 0.422. The lowest BCUT2D eigenvalue weighted by atomic mass is 10.0. The summed E-state index contributed by atoms with van der Waals surface area (Å²) in [6.07, 6.45) is 5.73. The maximum Gasteiger partial charge on any atom is 0.211 e. The third-order valence-corrected chi connectivity index (χ3v) is 5.53. The third-order valence-electron chi connectivity index (χ3n) is 4.12. The normalized spacial score (nSPS) is 22.4. The van der Waals surface area contributed by atoms with E-state index in [2.05, 4.69) is 23.9 Å². The van der Waals surface area contributed by atoms with Gasteiger partial charge in [-0.1, -0.05) is 13.8 Å². The van der Waals surface area contributed by atoms with E-state index in [1.165, 1.54) is 25.7 Å². The minimum absolute atomic E-state index is 0.244. The van der Waals surface area contributed by atoms with E-state index >= 15 is 0 Å². The van der Waals surface area contributed by atoms with Crippen LogP contribution < -0.4 is 10.0 Å². The Morgan fingerprint density at radius 1 is 1.28 bits per heavy atom. The zero-order chi connectivity index (χ0) is 13.2. The third kappa shape index (κ3) is 4.21. The van der Waals surface area contributed by atoms with Gasteiger partial charge in [0.1, 0.15) is 0 Å². The molecule has 0 aromatic heterocycles. The van der Waals surface area contributed by atoms with Gasteiger partial charge in [0.2, 0.25) is 10.0 Å². The van der Waals surface area contributed by atoms with E-state index in [9.17, 15) is 8.42 Å². The number of sulfonamides is 1. The summed E-state index contributed by atoms with van der Waals surface area (Å²) < 4.78 is 26.5. The lowest BCUT2D eigenvalue weighted by Crippen LogP contribution is -2.34. The van der Waals surface area contributed by atoms with Gasteiger partial charge in [-0.3, -0.25) is 0 Å². The highest BCUT2D eigenvalue weighted by atomic mass is 32.2. The topological polar surface area (TPSA) is 58.2 Å². The molecule has 4 nitrogen and oxygen atoms in total. The quantitative estimate of drug-likeness (QED) is 0.626. The Balaban J connectivity index is 1.64. The van der Waals surface area contributed by atoms with Crippen molar-refractivity contribution in [2.24, 2.45) is 11.3 Å². The molecule has 0 aromatic rings. The number of rotatable bonds is 9. The van der Waals surface area contributed by atoms with Crippen LogP contribution in [0.5, 0.6) is 0 Å². The van der Waals surface area contributed by atoms with Crippen molar-refractivity contribution in [2.45, 2.75) is 52.0 Å². The van der Waals surface area contributed by atoms with Crippen molar-refractivity contribution in [1.82, 2.24) is 10.0 Å². The smallest absolute Gasteiger partial charge is 0.211 e. The Kier molecular flexibility index (Phi) is 4.34. The van der Waals surface area contributed by atoms with Gasteiger partial charge in [-0.2, -0.15) is 0 Å². The largest absolute Gasteiger partial charge is 0.314 e. The Hall–Kier alpha value is -0.130. The molecule has 0 saturated heterocycles. The van der Waals surface area contributed by atoms with Crippen LogP contribution in [0.15, 0.2) is 0 Å². The standard InChI is InChI=1S/C13H26N2O2S/c1-11(2)14-8-3-9-18(16,17)15-10-13(6-7-13)12-4-5-12/h11-12,14-15H,3-10H2,1-2H3. The molecule has 0 atom stereocenters. The average Bonchev–Trinajstić information content (AvgIpc) is 3.14. The first-order valence-electron chi connectivity index (χ1n) is 7.14. The van der Waals surface area contributed by atoms with E-state index in [-0.39, 0.29) is 5.75 Å². The average molecular weight is 274 g/mol. The summed E-state index contributed by atoms with van der Waals surface area (Å²) in [5.41, 5.74) is 0.350. The van der Waals surface area contributed by atoms with Gasteiger partial charge in [0.15, 0.2) is 0 Å². The lowest BCUT2D eigenvalue weighted by Gasteiger charge is -2.15. The second-order valence-corrected chi connectivity index (χ2v) is 8.17. The minimum atomic E-state index is -3.07. The molecule has 106 valence electrons. The van der Waals surface area contributed by atoms with Gasteiger partial charge in [-0.15, -0.1) is 0 Å². The van der Waals surface area contributed by atoms with Gasteiger partial charge in [-0.05, 0) is 50.0 Å². The first-order valence-corrected chi connectivity index (χ1v) is 8.79. The Labute approximate surface area is 111 Å². The van der Waals surface area contributed by atoms with E-state index in [4.69, 9.17) is 0 Å². The van der Waals surface area contributed by atoms with Gasteiger partial charge < -0.3 is 5.32 Å². The van der Waals surface area contributed by atoms with Gasteiger partial charge in [0.25, 0.3) is 0 Å². The first kappa shape index (κ1) is 14.3. The monoisotopic (exact) mass is 274 g/mol. The zero-order valence-corrected chi connectivity index (χ0v) is 12.4. The Morgan fingerprint density at radius 2 is 1.94 bits per heavy atom. The molecule has 2 N–H and O–H groups in total. The van der Waals surface area contributed by atoms with Crippen LogP contribution in [0.2, 0.25) is 0 Å². The highest BCUT2D eigenvalue weighted by Crippen LogP contribution is 2.60. The molecule has 0 radical (unpaired) electrons. The van der Waals surface area contributed by atoms with E-state index < -0.39 is 10.0 Å². The fraction of sp³-hybridized carbons (Fsp3) is 1.00. The van der Waals surface area contributed by atoms with Gasteiger partial charge in [0.05, 0.1) is 5.75 Å². The molecular weight excluding hydrogens is 248 g/mol. The van der Waals surface area contributed by atoms with Crippen molar-refractivity contribution in [1.29, 1.82) is 0 Å². The number of hydrogen-bond donors (Lipinski definition) is 2. The lowest BCUT2D eigenvalue weighted by molar-refractivity contribution is 0.431.